The van der Waals surface area contributed by atoms with E-state index in [1.54, 1.807) is 12.1 Å². The maximum atomic E-state index is 13.6. The fourth-order valence-electron chi connectivity index (χ4n) is 3.47. The van der Waals surface area contributed by atoms with Gasteiger partial charge in [0.25, 0.3) is 0 Å². The SMILES string of the molecule is CC(C)(C)c1nc(-c2ccccc2)cc(-c2ccc(F)cc2)c1C#CO[PH](=O)C[C@@H](O)CC(=O)O. The molecular formula is C27H27FNO5P. The molecule has 0 saturated carbocycles. The number of aliphatic hydroxyl groups is 1. The second-order valence-electron chi connectivity index (χ2n) is 9.06. The Balaban J connectivity index is 2.09. The molecule has 3 aromatic rings. The van der Waals surface area contributed by atoms with Crippen LogP contribution in [0, 0.1) is 17.8 Å². The fraction of sp³-hybridized carbons (Fsp3) is 0.259. The van der Waals surface area contributed by atoms with E-state index >= 15 is 0 Å². The maximum absolute atomic E-state index is 13.6. The van der Waals surface area contributed by atoms with E-state index in [2.05, 4.69) is 12.0 Å². The highest BCUT2D eigenvalue weighted by Gasteiger charge is 2.24. The van der Waals surface area contributed by atoms with Crippen molar-refractivity contribution in [1.82, 2.24) is 4.98 Å². The molecule has 1 unspecified atom stereocenters. The third-order valence-corrected chi connectivity index (χ3v) is 6.24. The van der Waals surface area contributed by atoms with Crippen LogP contribution >= 0.6 is 8.03 Å². The quantitative estimate of drug-likeness (QED) is 0.333. The van der Waals surface area contributed by atoms with Crippen LogP contribution in [0.15, 0.2) is 60.7 Å². The Kier molecular flexibility index (Phi) is 8.45. The van der Waals surface area contributed by atoms with Crippen LogP contribution < -0.4 is 0 Å². The first-order chi connectivity index (χ1) is 16.5. The zero-order valence-corrected chi connectivity index (χ0v) is 20.7. The van der Waals surface area contributed by atoms with Crippen molar-refractivity contribution in [3.05, 3.63) is 77.7 Å². The molecule has 1 aromatic heterocycles. The summed E-state index contributed by atoms with van der Waals surface area (Å²) >= 11 is 0. The van der Waals surface area contributed by atoms with Gasteiger partial charge in [-0.2, -0.15) is 0 Å². The predicted octanol–water partition coefficient (Wildman–Crippen LogP) is 5.49. The smallest absolute Gasteiger partial charge is 0.305 e. The summed E-state index contributed by atoms with van der Waals surface area (Å²) in [5, 5.41) is 18.4. The van der Waals surface area contributed by atoms with Gasteiger partial charge in [-0.25, -0.2) is 4.39 Å². The fourth-order valence-corrected chi connectivity index (χ4v) is 4.25. The molecule has 0 aliphatic heterocycles. The molecule has 2 atom stereocenters. The molecule has 3 rings (SSSR count). The minimum Gasteiger partial charge on any atom is -0.481 e. The minimum atomic E-state index is -2.79. The molecule has 0 saturated heterocycles. The van der Waals surface area contributed by atoms with Crippen LogP contribution in [0.25, 0.3) is 22.4 Å². The monoisotopic (exact) mass is 495 g/mol. The molecule has 0 spiro atoms. The van der Waals surface area contributed by atoms with Gasteiger partial charge in [-0.1, -0.05) is 63.2 Å². The van der Waals surface area contributed by atoms with E-state index in [4.69, 9.17) is 14.6 Å². The molecule has 182 valence electrons. The maximum Gasteiger partial charge on any atom is 0.305 e. The first-order valence-electron chi connectivity index (χ1n) is 11.0. The first-order valence-corrected chi connectivity index (χ1v) is 12.5. The average Bonchev–Trinajstić information content (AvgIpc) is 2.79. The Morgan fingerprint density at radius 1 is 1.11 bits per heavy atom. The van der Waals surface area contributed by atoms with Crippen molar-refractivity contribution < 1.29 is 28.5 Å². The van der Waals surface area contributed by atoms with Crippen molar-refractivity contribution in [1.29, 1.82) is 0 Å². The highest BCUT2D eigenvalue weighted by Crippen LogP contribution is 2.35. The Morgan fingerprint density at radius 2 is 1.77 bits per heavy atom. The summed E-state index contributed by atoms with van der Waals surface area (Å²) in [5.41, 5.74) is 3.88. The number of hydrogen-bond acceptors (Lipinski definition) is 5. The molecule has 2 N–H and O–H groups in total. The summed E-state index contributed by atoms with van der Waals surface area (Å²) in [6, 6.07) is 17.6. The summed E-state index contributed by atoms with van der Waals surface area (Å²) in [6.45, 7) is 5.99. The van der Waals surface area contributed by atoms with Gasteiger partial charge in [0.2, 0.25) is 8.03 Å². The third-order valence-electron chi connectivity index (χ3n) is 5.11. The number of carboxylic acid groups (broad SMARTS) is 1. The first kappa shape index (κ1) is 26.2. The van der Waals surface area contributed by atoms with Gasteiger partial charge in [0, 0.05) is 16.5 Å². The second kappa shape index (κ2) is 11.3. The molecule has 0 amide bonds. The largest absolute Gasteiger partial charge is 0.481 e. The number of carbonyl (C=O) groups is 1. The van der Waals surface area contributed by atoms with Gasteiger partial charge in [0.05, 0.1) is 35.6 Å². The molecule has 2 aromatic carbocycles. The Hall–Kier alpha value is -3.46. The van der Waals surface area contributed by atoms with Crippen LogP contribution in [-0.2, 0) is 19.3 Å². The number of nitrogens with zero attached hydrogens (tertiary/aromatic N) is 1. The summed E-state index contributed by atoms with van der Waals surface area (Å²) in [5.74, 6) is 1.37. The second-order valence-corrected chi connectivity index (χ2v) is 10.4. The highest BCUT2D eigenvalue weighted by molar-refractivity contribution is 7.39. The lowest BCUT2D eigenvalue weighted by molar-refractivity contribution is -0.138. The van der Waals surface area contributed by atoms with Crippen molar-refractivity contribution in [2.45, 2.75) is 38.7 Å². The topological polar surface area (TPSA) is 96.7 Å². The number of rotatable bonds is 7. The van der Waals surface area contributed by atoms with Gasteiger partial charge in [0.1, 0.15) is 11.9 Å². The molecular weight excluding hydrogens is 468 g/mol. The van der Waals surface area contributed by atoms with Gasteiger partial charge in [-0.15, -0.1) is 0 Å². The number of pyridine rings is 1. The molecule has 8 heteroatoms. The Morgan fingerprint density at radius 3 is 2.37 bits per heavy atom. The van der Waals surface area contributed by atoms with E-state index in [1.807, 2.05) is 57.2 Å². The van der Waals surface area contributed by atoms with Crippen LogP contribution in [-0.4, -0.2) is 33.4 Å². The summed E-state index contributed by atoms with van der Waals surface area (Å²) in [7, 11) is -2.79. The minimum absolute atomic E-state index is 0.312. The number of benzene rings is 2. The van der Waals surface area contributed by atoms with Gasteiger partial charge in [0.15, 0.2) is 0 Å². The number of aromatic nitrogens is 1. The van der Waals surface area contributed by atoms with E-state index in [9.17, 15) is 18.9 Å². The van der Waals surface area contributed by atoms with E-state index < -0.39 is 31.9 Å². The number of carboxylic acids is 1. The lowest BCUT2D eigenvalue weighted by Crippen LogP contribution is -2.17. The Labute approximate surface area is 204 Å². The van der Waals surface area contributed by atoms with Crippen LogP contribution in [0.5, 0.6) is 0 Å². The molecule has 0 radical (unpaired) electrons. The van der Waals surface area contributed by atoms with Gasteiger partial charge >= 0.3 is 5.97 Å². The van der Waals surface area contributed by atoms with Crippen molar-refractivity contribution >= 4 is 14.0 Å². The molecule has 0 aliphatic rings. The number of aliphatic hydroxyl groups excluding tert-OH is 1. The van der Waals surface area contributed by atoms with Crippen LogP contribution in [0.3, 0.4) is 0 Å². The van der Waals surface area contributed by atoms with Gasteiger partial charge < -0.3 is 14.7 Å². The number of hydrogen-bond donors (Lipinski definition) is 2. The molecule has 0 aliphatic carbocycles. The lowest BCUT2D eigenvalue weighted by atomic mass is 9.84. The molecule has 1 heterocycles. The molecule has 0 bridgehead atoms. The Bertz CT molecular complexity index is 1280. The van der Waals surface area contributed by atoms with Gasteiger partial charge in [-0.3, -0.25) is 14.3 Å². The van der Waals surface area contributed by atoms with E-state index in [0.29, 0.717) is 16.8 Å². The van der Waals surface area contributed by atoms with Gasteiger partial charge in [-0.05, 0) is 29.7 Å². The van der Waals surface area contributed by atoms with Crippen molar-refractivity contribution in [3.63, 3.8) is 0 Å². The molecule has 6 nitrogen and oxygen atoms in total. The number of halogens is 1. The van der Waals surface area contributed by atoms with E-state index in [0.717, 1.165) is 16.8 Å². The predicted molar refractivity (Wildman–Crippen MR) is 134 cm³/mol. The molecule has 35 heavy (non-hydrogen) atoms. The van der Waals surface area contributed by atoms with E-state index in [1.165, 1.54) is 12.1 Å². The van der Waals surface area contributed by atoms with Crippen molar-refractivity contribution in [2.75, 3.05) is 6.16 Å². The standard InChI is InChI=1S/C27H27FNO5P/c1-27(2,3)26-22(13-14-34-35(33)17-21(30)15-25(31)32)23(18-9-11-20(28)12-10-18)16-24(29-26)19-7-5-4-6-8-19/h4-12,16,21,30,35H,15,17H2,1-3H3,(H,31,32)/t21-/m0/s1. The average molecular weight is 495 g/mol. The summed E-state index contributed by atoms with van der Waals surface area (Å²) in [6.07, 6.45) is 0.340. The third kappa shape index (κ3) is 7.26. The lowest BCUT2D eigenvalue weighted by Gasteiger charge is -2.23. The van der Waals surface area contributed by atoms with Crippen molar-refractivity contribution in [2.24, 2.45) is 0 Å². The summed E-state index contributed by atoms with van der Waals surface area (Å²) in [4.78, 5) is 15.6. The van der Waals surface area contributed by atoms with E-state index in [-0.39, 0.29) is 12.0 Å². The van der Waals surface area contributed by atoms with Crippen LogP contribution in [0.4, 0.5) is 4.39 Å². The van der Waals surface area contributed by atoms with Crippen LogP contribution in [0.2, 0.25) is 0 Å². The van der Waals surface area contributed by atoms with Crippen LogP contribution in [0.1, 0.15) is 38.4 Å². The zero-order chi connectivity index (χ0) is 25.6. The zero-order valence-electron chi connectivity index (χ0n) is 19.7. The normalized spacial score (nSPS) is 12.8. The highest BCUT2D eigenvalue weighted by atomic mass is 31.1. The summed E-state index contributed by atoms with van der Waals surface area (Å²) < 4.78 is 31.0. The molecule has 0 fully saturated rings. The van der Waals surface area contributed by atoms with Crippen molar-refractivity contribution in [3.8, 4) is 34.4 Å². The number of aliphatic carboxylic acids is 1.